The number of amides is 3. The second-order valence-corrected chi connectivity index (χ2v) is 9.16. The summed E-state index contributed by atoms with van der Waals surface area (Å²) in [6, 6.07) is 0. The zero-order chi connectivity index (χ0) is 21.9. The summed E-state index contributed by atoms with van der Waals surface area (Å²) in [6.45, 7) is 7.15. The summed E-state index contributed by atoms with van der Waals surface area (Å²) in [5.74, 6) is -0.279. The van der Waals surface area contributed by atoms with Gasteiger partial charge in [-0.15, -0.1) is 0 Å². The van der Waals surface area contributed by atoms with E-state index in [9.17, 15) is 19.2 Å². The molecule has 3 N–H and O–H groups in total. The number of carbonyl (C=O) groups is 4. The van der Waals surface area contributed by atoms with E-state index in [1.165, 1.54) is 25.7 Å². The number of carbonyl (C=O) groups excluding carboxylic acids is 4. The maximum absolute atomic E-state index is 12.3. The molecule has 3 amide bonds. The van der Waals surface area contributed by atoms with E-state index in [4.69, 9.17) is 0 Å². The quantitative estimate of drug-likeness (QED) is 0.456. The van der Waals surface area contributed by atoms with Crippen LogP contribution in [0.5, 0.6) is 0 Å². The Bertz CT molecular complexity index is 561. The number of ketones is 1. The lowest BCUT2D eigenvalue weighted by Crippen LogP contribution is -2.45. The van der Waals surface area contributed by atoms with E-state index in [1.54, 1.807) is 20.8 Å². The summed E-state index contributed by atoms with van der Waals surface area (Å²) >= 11 is 0. The van der Waals surface area contributed by atoms with Gasteiger partial charge in [0.25, 0.3) is 0 Å². The van der Waals surface area contributed by atoms with Crippen molar-refractivity contribution in [3.05, 3.63) is 0 Å². The first-order valence-electron chi connectivity index (χ1n) is 11.0. The molecule has 0 aromatic heterocycles. The van der Waals surface area contributed by atoms with Crippen LogP contribution in [0.4, 0.5) is 0 Å². The van der Waals surface area contributed by atoms with E-state index in [-0.39, 0.29) is 37.2 Å². The van der Waals surface area contributed by atoms with Crippen molar-refractivity contribution >= 4 is 23.5 Å². The molecule has 0 spiro atoms. The first-order valence-corrected chi connectivity index (χ1v) is 11.0. The molecule has 0 heterocycles. The minimum absolute atomic E-state index is 0.0167. The number of rotatable bonds is 11. The van der Waals surface area contributed by atoms with Gasteiger partial charge in [0, 0.05) is 11.3 Å². The van der Waals surface area contributed by atoms with Crippen molar-refractivity contribution in [1.29, 1.82) is 0 Å². The molecule has 1 rings (SSSR count). The monoisotopic (exact) mass is 409 g/mol. The van der Waals surface area contributed by atoms with Gasteiger partial charge in [0.15, 0.2) is 5.78 Å². The van der Waals surface area contributed by atoms with Crippen LogP contribution in [0.15, 0.2) is 0 Å². The molecule has 0 aliphatic heterocycles. The fourth-order valence-electron chi connectivity index (χ4n) is 3.46. The topological polar surface area (TPSA) is 104 Å². The summed E-state index contributed by atoms with van der Waals surface area (Å²) < 4.78 is 0. The Kier molecular flexibility index (Phi) is 10.9. The van der Waals surface area contributed by atoms with Crippen molar-refractivity contribution < 1.29 is 19.2 Å². The van der Waals surface area contributed by atoms with Gasteiger partial charge in [0.1, 0.15) is 0 Å². The first-order chi connectivity index (χ1) is 13.6. The van der Waals surface area contributed by atoms with Crippen LogP contribution in [0.25, 0.3) is 0 Å². The van der Waals surface area contributed by atoms with Gasteiger partial charge in [0.05, 0.1) is 19.6 Å². The summed E-state index contributed by atoms with van der Waals surface area (Å²) in [6.07, 6.45) is 8.98. The van der Waals surface area contributed by atoms with Crippen LogP contribution in [0.2, 0.25) is 0 Å². The Morgan fingerprint density at radius 1 is 0.793 bits per heavy atom. The normalized spacial score (nSPS) is 19.3. The van der Waals surface area contributed by atoms with Crippen LogP contribution in [0.1, 0.15) is 79.1 Å². The van der Waals surface area contributed by atoms with Gasteiger partial charge in [-0.2, -0.15) is 0 Å². The van der Waals surface area contributed by atoms with Crippen molar-refractivity contribution in [2.75, 3.05) is 19.6 Å². The molecular weight excluding hydrogens is 370 g/mol. The molecule has 0 aromatic rings. The molecule has 7 nitrogen and oxygen atoms in total. The summed E-state index contributed by atoms with van der Waals surface area (Å²) in [7, 11) is 0. The lowest BCUT2D eigenvalue weighted by Gasteiger charge is -2.27. The van der Waals surface area contributed by atoms with Crippen molar-refractivity contribution in [2.45, 2.75) is 79.1 Å². The predicted octanol–water partition coefficient (Wildman–Crippen LogP) is 2.34. The highest BCUT2D eigenvalue weighted by Gasteiger charge is 2.26. The Labute approximate surface area is 175 Å². The average molecular weight is 410 g/mol. The molecule has 0 atom stereocenters. The largest absolute Gasteiger partial charge is 0.347 e. The smallest absolute Gasteiger partial charge is 0.239 e. The van der Waals surface area contributed by atoms with Crippen LogP contribution in [-0.2, 0) is 19.2 Å². The zero-order valence-electron chi connectivity index (χ0n) is 18.6. The van der Waals surface area contributed by atoms with Gasteiger partial charge in [-0.3, -0.25) is 19.2 Å². The summed E-state index contributed by atoms with van der Waals surface area (Å²) in [5.41, 5.74) is -0.518. The van der Waals surface area contributed by atoms with Gasteiger partial charge in [-0.05, 0) is 31.6 Å². The van der Waals surface area contributed by atoms with E-state index in [0.29, 0.717) is 0 Å². The third-order valence-corrected chi connectivity index (χ3v) is 5.59. The van der Waals surface area contributed by atoms with E-state index in [1.807, 2.05) is 0 Å². The minimum atomic E-state index is -0.518. The Morgan fingerprint density at radius 2 is 1.34 bits per heavy atom. The Hall–Kier alpha value is -1.92. The third-order valence-electron chi connectivity index (χ3n) is 5.59. The maximum Gasteiger partial charge on any atom is 0.239 e. The molecule has 0 aromatic carbocycles. The van der Waals surface area contributed by atoms with E-state index in [2.05, 4.69) is 22.9 Å². The standard InChI is InChI=1S/C22H39N3O4/c1-5-6-7-8-16-9-11-17(12-10-16)21(29)25-15-20(28)24-14-19(27)23-13-18(26)22(2,3)4/h16-17H,5-15H2,1-4H3,(H,23,27)(H,24,28)(H,25,29)/t16-,17-. The highest BCUT2D eigenvalue weighted by molar-refractivity contribution is 5.92. The molecule has 1 aliphatic rings. The first kappa shape index (κ1) is 25.1. The second-order valence-electron chi connectivity index (χ2n) is 9.16. The highest BCUT2D eigenvalue weighted by atomic mass is 16.2. The fourth-order valence-corrected chi connectivity index (χ4v) is 3.46. The third kappa shape index (κ3) is 10.4. The lowest BCUT2D eigenvalue weighted by molar-refractivity contribution is -0.131. The van der Waals surface area contributed by atoms with E-state index >= 15 is 0 Å². The van der Waals surface area contributed by atoms with Crippen molar-refractivity contribution in [1.82, 2.24) is 16.0 Å². The molecule has 29 heavy (non-hydrogen) atoms. The summed E-state index contributed by atoms with van der Waals surface area (Å²) in [4.78, 5) is 47.6. The average Bonchev–Trinajstić information content (AvgIpc) is 2.68. The van der Waals surface area contributed by atoms with Crippen molar-refractivity contribution in [3.8, 4) is 0 Å². The van der Waals surface area contributed by atoms with Gasteiger partial charge in [0.2, 0.25) is 17.7 Å². The molecule has 1 saturated carbocycles. The molecule has 0 unspecified atom stereocenters. The van der Waals surface area contributed by atoms with Gasteiger partial charge in [-0.25, -0.2) is 0 Å². The van der Waals surface area contributed by atoms with E-state index < -0.39 is 17.2 Å². The lowest BCUT2D eigenvalue weighted by atomic mass is 9.79. The highest BCUT2D eigenvalue weighted by Crippen LogP contribution is 2.32. The number of hydrogen-bond acceptors (Lipinski definition) is 4. The van der Waals surface area contributed by atoms with Gasteiger partial charge >= 0.3 is 0 Å². The minimum Gasteiger partial charge on any atom is -0.347 e. The SMILES string of the molecule is CCCCC[C@H]1CC[C@H](C(=O)NCC(=O)NCC(=O)NCC(=O)C(C)(C)C)CC1. The number of unbranched alkanes of at least 4 members (excludes halogenated alkanes) is 2. The van der Waals surface area contributed by atoms with Crippen LogP contribution in [-0.4, -0.2) is 43.1 Å². The zero-order valence-corrected chi connectivity index (χ0v) is 18.6. The van der Waals surface area contributed by atoms with Crippen LogP contribution in [0.3, 0.4) is 0 Å². The molecule has 1 fully saturated rings. The number of hydrogen-bond donors (Lipinski definition) is 3. The van der Waals surface area contributed by atoms with Crippen LogP contribution in [0, 0.1) is 17.3 Å². The molecule has 0 saturated heterocycles. The fraction of sp³-hybridized carbons (Fsp3) is 0.818. The summed E-state index contributed by atoms with van der Waals surface area (Å²) in [5, 5.41) is 7.63. The van der Waals surface area contributed by atoms with Crippen LogP contribution >= 0.6 is 0 Å². The number of nitrogens with one attached hydrogen (secondary N) is 3. The molecule has 7 heteroatoms. The molecule has 0 bridgehead atoms. The molecule has 1 aliphatic carbocycles. The maximum atomic E-state index is 12.3. The van der Waals surface area contributed by atoms with Gasteiger partial charge < -0.3 is 16.0 Å². The molecule has 166 valence electrons. The van der Waals surface area contributed by atoms with Crippen LogP contribution < -0.4 is 16.0 Å². The second kappa shape index (κ2) is 12.6. The molecular formula is C22H39N3O4. The predicted molar refractivity (Wildman–Crippen MR) is 113 cm³/mol. The Balaban J connectivity index is 2.17. The molecule has 0 radical (unpaired) electrons. The van der Waals surface area contributed by atoms with Gasteiger partial charge in [-0.1, -0.05) is 53.4 Å². The number of Topliss-reactive ketones (excluding diaryl/α,β-unsaturated/α-hetero) is 1. The Morgan fingerprint density at radius 3 is 1.90 bits per heavy atom. The van der Waals surface area contributed by atoms with E-state index in [0.717, 1.165) is 31.6 Å². The van der Waals surface area contributed by atoms with Crippen molar-refractivity contribution in [2.24, 2.45) is 17.3 Å². The van der Waals surface area contributed by atoms with Crippen molar-refractivity contribution in [3.63, 3.8) is 0 Å².